The Balaban J connectivity index is 1.43. The third-order valence-corrected chi connectivity index (χ3v) is 5.23. The molecule has 0 bridgehead atoms. The smallest absolute Gasteiger partial charge is 0.332 e. The van der Waals surface area contributed by atoms with E-state index in [1.807, 2.05) is 18.5 Å². The molecule has 0 saturated carbocycles. The van der Waals surface area contributed by atoms with Crippen LogP contribution in [0.15, 0.2) is 59.4 Å². The lowest BCUT2D eigenvalue weighted by atomic mass is 10.1. The quantitative estimate of drug-likeness (QED) is 0.345. The van der Waals surface area contributed by atoms with Gasteiger partial charge < -0.3 is 4.74 Å². The molecule has 2 aromatic carbocycles. The number of hydrogen-bond acceptors (Lipinski definition) is 6. The summed E-state index contributed by atoms with van der Waals surface area (Å²) in [6.45, 7) is 6.24. The Morgan fingerprint density at radius 2 is 1.78 bits per heavy atom. The van der Waals surface area contributed by atoms with E-state index >= 15 is 0 Å². The van der Waals surface area contributed by atoms with Crippen LogP contribution in [-0.2, 0) is 22.8 Å². The minimum atomic E-state index is -0.586. The van der Waals surface area contributed by atoms with Crippen LogP contribution in [0.2, 0.25) is 0 Å². The van der Waals surface area contributed by atoms with E-state index in [-0.39, 0.29) is 12.3 Å². The number of rotatable bonds is 6. The van der Waals surface area contributed by atoms with E-state index in [1.165, 1.54) is 11.6 Å². The van der Waals surface area contributed by atoms with Gasteiger partial charge in [0, 0.05) is 17.3 Å². The molecule has 0 radical (unpaired) electrons. The van der Waals surface area contributed by atoms with E-state index in [0.717, 1.165) is 27.2 Å². The monoisotopic (exact) mass is 429 g/mol. The van der Waals surface area contributed by atoms with Crippen molar-refractivity contribution in [2.24, 2.45) is 0 Å². The maximum atomic E-state index is 12.4. The van der Waals surface area contributed by atoms with Gasteiger partial charge in [0.1, 0.15) is 5.52 Å². The summed E-state index contributed by atoms with van der Waals surface area (Å²) in [5.74, 6) is -0.586. The molecule has 0 atom stereocenters. The summed E-state index contributed by atoms with van der Waals surface area (Å²) in [4.78, 5) is 24.6. The van der Waals surface area contributed by atoms with Gasteiger partial charge in [0.2, 0.25) is 0 Å². The van der Waals surface area contributed by atoms with Crippen LogP contribution in [0.5, 0.6) is 0 Å². The zero-order valence-electron chi connectivity index (χ0n) is 18.1. The largest absolute Gasteiger partial charge is 0.439 e. The molecular formula is C24H23N5O3. The molecule has 0 aliphatic carbocycles. The maximum absolute atomic E-state index is 12.4. The molecule has 162 valence electrons. The Hall–Kier alpha value is -4.07. The molecule has 4 rings (SSSR count). The summed E-state index contributed by atoms with van der Waals surface area (Å²) < 4.78 is 8.11. The summed E-state index contributed by atoms with van der Waals surface area (Å²) in [5, 5.41) is 12.8. The van der Waals surface area contributed by atoms with Crippen LogP contribution in [0.1, 0.15) is 28.1 Å². The van der Waals surface area contributed by atoms with Gasteiger partial charge in [0.15, 0.2) is 6.73 Å². The Morgan fingerprint density at radius 1 is 1.03 bits per heavy atom. The predicted molar refractivity (Wildman–Crippen MR) is 121 cm³/mol. The highest BCUT2D eigenvalue weighted by Crippen LogP contribution is 2.17. The third-order valence-electron chi connectivity index (χ3n) is 5.23. The van der Waals surface area contributed by atoms with Crippen LogP contribution in [0.4, 0.5) is 0 Å². The minimum Gasteiger partial charge on any atom is -0.439 e. The summed E-state index contributed by atoms with van der Waals surface area (Å²) in [5.41, 5.74) is 5.11. The number of aromatic nitrogens is 5. The van der Waals surface area contributed by atoms with Crippen LogP contribution >= 0.6 is 0 Å². The second kappa shape index (κ2) is 8.97. The lowest BCUT2D eigenvalue weighted by molar-refractivity contribution is -0.141. The highest BCUT2D eigenvalue weighted by atomic mass is 16.5. The molecule has 2 aromatic heterocycles. The first-order valence-corrected chi connectivity index (χ1v) is 10.2. The molecule has 0 spiro atoms. The summed E-state index contributed by atoms with van der Waals surface area (Å²) in [7, 11) is 0. The van der Waals surface area contributed by atoms with E-state index in [2.05, 4.69) is 46.6 Å². The second-order valence-electron chi connectivity index (χ2n) is 7.56. The molecule has 0 aliphatic heterocycles. The second-order valence-corrected chi connectivity index (χ2v) is 7.56. The molecule has 4 aromatic rings. The van der Waals surface area contributed by atoms with Crippen molar-refractivity contribution in [2.45, 2.75) is 34.0 Å². The van der Waals surface area contributed by atoms with Crippen molar-refractivity contribution >= 4 is 22.9 Å². The molecule has 0 saturated heterocycles. The number of esters is 1. The molecular weight excluding hydrogens is 406 g/mol. The van der Waals surface area contributed by atoms with E-state index in [1.54, 1.807) is 30.3 Å². The fraction of sp³-hybridized carbons (Fsp3) is 0.208. The molecule has 0 unspecified atom stereocenters. The van der Waals surface area contributed by atoms with Crippen molar-refractivity contribution < 1.29 is 9.53 Å². The van der Waals surface area contributed by atoms with Crippen molar-refractivity contribution in [1.82, 2.24) is 24.8 Å². The van der Waals surface area contributed by atoms with Gasteiger partial charge in [-0.1, -0.05) is 47.2 Å². The van der Waals surface area contributed by atoms with Gasteiger partial charge in [-0.2, -0.15) is 9.78 Å². The lowest BCUT2D eigenvalue weighted by Gasteiger charge is -2.06. The number of benzene rings is 2. The van der Waals surface area contributed by atoms with Gasteiger partial charge in [-0.3, -0.25) is 9.48 Å². The van der Waals surface area contributed by atoms with Crippen LogP contribution in [-0.4, -0.2) is 30.7 Å². The van der Waals surface area contributed by atoms with E-state index in [9.17, 15) is 9.59 Å². The average Bonchev–Trinajstić information content (AvgIpc) is 3.06. The fourth-order valence-electron chi connectivity index (χ4n) is 3.40. The highest BCUT2D eigenvalue weighted by Gasteiger charge is 2.11. The van der Waals surface area contributed by atoms with Gasteiger partial charge in [-0.25, -0.2) is 4.79 Å². The van der Waals surface area contributed by atoms with E-state index in [0.29, 0.717) is 17.4 Å². The molecule has 8 heteroatoms. The molecule has 32 heavy (non-hydrogen) atoms. The van der Waals surface area contributed by atoms with Crippen molar-refractivity contribution in [1.29, 1.82) is 0 Å². The number of carbonyl (C=O) groups is 1. The first-order chi connectivity index (χ1) is 15.4. The van der Waals surface area contributed by atoms with Gasteiger partial charge in [0.05, 0.1) is 17.6 Å². The SMILES string of the molecule is Cc1ccc(Cn2nc(C)c(/C=C/C(=O)OCn3nnc4ccccc4c3=O)c2C)cc1. The number of aryl methyl sites for hydroxylation is 2. The number of carbonyl (C=O) groups excluding carboxylic acids is 1. The van der Waals surface area contributed by atoms with Crippen LogP contribution in [0.3, 0.4) is 0 Å². The summed E-state index contributed by atoms with van der Waals surface area (Å²) in [6, 6.07) is 15.2. The van der Waals surface area contributed by atoms with E-state index in [4.69, 9.17) is 4.74 Å². The zero-order chi connectivity index (χ0) is 22.7. The van der Waals surface area contributed by atoms with Crippen LogP contribution in [0.25, 0.3) is 17.0 Å². The first-order valence-electron chi connectivity index (χ1n) is 10.2. The molecule has 2 heterocycles. The Labute approximate surface area is 184 Å². The summed E-state index contributed by atoms with van der Waals surface area (Å²) >= 11 is 0. The third kappa shape index (κ3) is 4.49. The molecule has 0 N–H and O–H groups in total. The Bertz CT molecular complexity index is 1370. The Morgan fingerprint density at radius 3 is 2.56 bits per heavy atom. The number of hydrogen-bond donors (Lipinski definition) is 0. The van der Waals surface area contributed by atoms with Gasteiger partial charge in [-0.05, 0) is 44.5 Å². The van der Waals surface area contributed by atoms with Gasteiger partial charge in [-0.15, -0.1) is 5.10 Å². The molecule has 0 fully saturated rings. The van der Waals surface area contributed by atoms with Crippen molar-refractivity contribution in [3.8, 4) is 0 Å². The fourth-order valence-corrected chi connectivity index (χ4v) is 3.40. The van der Waals surface area contributed by atoms with Crippen molar-refractivity contribution in [3.05, 3.63) is 93.0 Å². The van der Waals surface area contributed by atoms with Crippen LogP contribution in [0, 0.1) is 20.8 Å². The molecule has 0 amide bonds. The van der Waals surface area contributed by atoms with Gasteiger partial charge >= 0.3 is 5.97 Å². The van der Waals surface area contributed by atoms with Crippen molar-refractivity contribution in [2.75, 3.05) is 0 Å². The zero-order valence-corrected chi connectivity index (χ0v) is 18.1. The molecule has 0 aliphatic rings. The maximum Gasteiger partial charge on any atom is 0.332 e. The summed E-state index contributed by atoms with van der Waals surface area (Å²) in [6.07, 6.45) is 3.01. The first kappa shape index (κ1) is 21.2. The number of fused-ring (bicyclic) bond motifs is 1. The topological polar surface area (TPSA) is 91.9 Å². The van der Waals surface area contributed by atoms with Crippen LogP contribution < -0.4 is 5.56 Å². The van der Waals surface area contributed by atoms with Gasteiger partial charge in [0.25, 0.3) is 5.56 Å². The number of nitrogens with zero attached hydrogens (tertiary/aromatic N) is 5. The highest BCUT2D eigenvalue weighted by molar-refractivity contribution is 5.87. The molecule has 8 nitrogen and oxygen atoms in total. The number of ether oxygens (including phenoxy) is 1. The average molecular weight is 429 g/mol. The van der Waals surface area contributed by atoms with E-state index < -0.39 is 5.97 Å². The minimum absolute atomic E-state index is 0.315. The Kier molecular flexibility index (Phi) is 5.93. The standard InChI is InChI=1S/C24H23N5O3/c1-16-8-10-19(11-9-16)14-28-18(3)20(17(2)26-28)12-13-23(30)32-15-29-24(31)21-6-4-5-7-22(21)25-27-29/h4-13H,14-15H2,1-3H3/b13-12+. The van der Waals surface area contributed by atoms with Crippen molar-refractivity contribution in [3.63, 3.8) is 0 Å². The predicted octanol–water partition coefficient (Wildman–Crippen LogP) is 3.18. The normalized spacial score (nSPS) is 11.3. The lowest BCUT2D eigenvalue weighted by Crippen LogP contribution is -2.26.